The summed E-state index contributed by atoms with van der Waals surface area (Å²) in [6.45, 7) is -2.99. The van der Waals surface area contributed by atoms with E-state index in [0.717, 1.165) is 24.6 Å². The third-order valence-corrected chi connectivity index (χ3v) is 3.84. The summed E-state index contributed by atoms with van der Waals surface area (Å²) in [6, 6.07) is 4.38. The summed E-state index contributed by atoms with van der Waals surface area (Å²) in [5, 5.41) is 9.64. The molecule has 2 N–H and O–H groups in total. The smallest absolute Gasteiger partial charge is 0.388 e. The van der Waals surface area contributed by atoms with Crippen molar-refractivity contribution in [3.8, 4) is 5.88 Å². The van der Waals surface area contributed by atoms with Gasteiger partial charge in [-0.05, 0) is 18.9 Å². The van der Waals surface area contributed by atoms with E-state index in [1.54, 1.807) is 0 Å². The fourth-order valence-electron chi connectivity index (χ4n) is 2.74. The molecular weight excluding hydrogens is 306 g/mol. The highest BCUT2D eigenvalue weighted by molar-refractivity contribution is 6.03. The highest BCUT2D eigenvalue weighted by atomic mass is 19.3. The van der Waals surface area contributed by atoms with E-state index in [1.165, 1.54) is 25.1 Å². The summed E-state index contributed by atoms with van der Waals surface area (Å²) >= 11 is 0. The third-order valence-electron chi connectivity index (χ3n) is 3.84. The van der Waals surface area contributed by atoms with Gasteiger partial charge >= 0.3 is 6.61 Å². The van der Waals surface area contributed by atoms with Gasteiger partial charge in [0.2, 0.25) is 5.88 Å². The van der Waals surface area contributed by atoms with Gasteiger partial charge in [0.15, 0.2) is 5.82 Å². The molecule has 0 bridgehead atoms. The molecule has 0 atom stereocenters. The zero-order valence-electron chi connectivity index (χ0n) is 12.3. The van der Waals surface area contributed by atoms with Crippen molar-refractivity contribution in [3.05, 3.63) is 35.7 Å². The lowest BCUT2D eigenvalue weighted by Gasteiger charge is -2.05. The molecule has 0 spiro atoms. The molecular formula is C15H16F2N4O2. The van der Waals surface area contributed by atoms with Crippen LogP contribution < -0.4 is 10.1 Å². The zero-order valence-corrected chi connectivity index (χ0v) is 12.3. The lowest BCUT2D eigenvalue weighted by molar-refractivity contribution is -0.0528. The monoisotopic (exact) mass is 322 g/mol. The lowest BCUT2D eigenvalue weighted by atomic mass is 10.0. The Bertz CT molecular complexity index is 684. The molecule has 1 aliphatic carbocycles. The van der Waals surface area contributed by atoms with E-state index >= 15 is 0 Å². The minimum atomic E-state index is -2.99. The zero-order chi connectivity index (χ0) is 16.2. The number of anilines is 1. The van der Waals surface area contributed by atoms with Crippen molar-refractivity contribution in [2.24, 2.45) is 0 Å². The second kappa shape index (κ2) is 6.72. The van der Waals surface area contributed by atoms with Crippen molar-refractivity contribution in [1.82, 2.24) is 15.2 Å². The van der Waals surface area contributed by atoms with Gasteiger partial charge in [-0.3, -0.25) is 9.89 Å². The SMILES string of the molecule is O=C(Nc1cc(C2CCCC2)[nH]n1)c1ccnc(OC(F)F)c1. The summed E-state index contributed by atoms with van der Waals surface area (Å²) in [6.07, 6.45) is 5.88. The number of halogens is 2. The molecule has 2 aromatic rings. The molecule has 1 saturated carbocycles. The first-order valence-electron chi connectivity index (χ1n) is 7.39. The van der Waals surface area contributed by atoms with Crippen LogP contribution in [0.1, 0.15) is 47.7 Å². The Morgan fingerprint density at radius 3 is 2.87 bits per heavy atom. The summed E-state index contributed by atoms with van der Waals surface area (Å²) < 4.78 is 28.5. The van der Waals surface area contributed by atoms with Crippen molar-refractivity contribution in [2.75, 3.05) is 5.32 Å². The van der Waals surface area contributed by atoms with Crippen LogP contribution in [0.25, 0.3) is 0 Å². The minimum Gasteiger partial charge on any atom is -0.417 e. The van der Waals surface area contributed by atoms with E-state index in [0.29, 0.717) is 11.7 Å². The summed E-state index contributed by atoms with van der Waals surface area (Å²) in [7, 11) is 0. The van der Waals surface area contributed by atoms with Crippen molar-refractivity contribution >= 4 is 11.7 Å². The Hall–Kier alpha value is -2.51. The van der Waals surface area contributed by atoms with Gasteiger partial charge in [0.25, 0.3) is 5.91 Å². The van der Waals surface area contributed by atoms with E-state index in [9.17, 15) is 13.6 Å². The fourth-order valence-corrected chi connectivity index (χ4v) is 2.74. The average molecular weight is 322 g/mol. The molecule has 8 heteroatoms. The molecule has 0 unspecified atom stereocenters. The van der Waals surface area contributed by atoms with Crippen LogP contribution in [0.2, 0.25) is 0 Å². The van der Waals surface area contributed by atoms with Crippen molar-refractivity contribution in [1.29, 1.82) is 0 Å². The van der Waals surface area contributed by atoms with Gasteiger partial charge < -0.3 is 10.1 Å². The van der Waals surface area contributed by atoms with Gasteiger partial charge in [0.05, 0.1) is 0 Å². The van der Waals surface area contributed by atoms with E-state index in [4.69, 9.17) is 0 Å². The van der Waals surface area contributed by atoms with Crippen LogP contribution in [0.5, 0.6) is 5.88 Å². The number of carbonyl (C=O) groups excluding carboxylic acids is 1. The molecule has 6 nitrogen and oxygen atoms in total. The number of aromatic nitrogens is 3. The fraction of sp³-hybridized carbons (Fsp3) is 0.400. The molecule has 1 fully saturated rings. The van der Waals surface area contributed by atoms with Crippen LogP contribution in [-0.4, -0.2) is 27.7 Å². The molecule has 2 heterocycles. The van der Waals surface area contributed by atoms with E-state index in [-0.39, 0.29) is 11.4 Å². The molecule has 0 radical (unpaired) electrons. The van der Waals surface area contributed by atoms with Gasteiger partial charge in [-0.25, -0.2) is 4.98 Å². The molecule has 122 valence electrons. The standard InChI is InChI=1S/C15H16F2N4O2/c16-15(17)23-13-7-10(5-6-18-13)14(22)19-12-8-11(20-21-12)9-3-1-2-4-9/h5-9,15H,1-4H2,(H2,19,20,21,22). The molecule has 0 aliphatic heterocycles. The number of ether oxygens (including phenoxy) is 1. The molecule has 0 aromatic carbocycles. The number of pyridine rings is 1. The first-order valence-corrected chi connectivity index (χ1v) is 7.39. The second-order valence-corrected chi connectivity index (χ2v) is 5.41. The number of hydrogen-bond donors (Lipinski definition) is 2. The Morgan fingerprint density at radius 2 is 2.13 bits per heavy atom. The Balaban J connectivity index is 1.67. The molecule has 23 heavy (non-hydrogen) atoms. The van der Waals surface area contributed by atoms with Gasteiger partial charge in [-0.2, -0.15) is 13.9 Å². The summed E-state index contributed by atoms with van der Waals surface area (Å²) in [4.78, 5) is 15.8. The Morgan fingerprint density at radius 1 is 1.35 bits per heavy atom. The first kappa shape index (κ1) is 15.4. The van der Waals surface area contributed by atoms with Crippen LogP contribution >= 0.6 is 0 Å². The molecule has 1 aliphatic rings. The molecule has 2 aromatic heterocycles. The van der Waals surface area contributed by atoms with Crippen LogP contribution in [0.4, 0.5) is 14.6 Å². The Kier molecular flexibility index (Phi) is 4.50. The van der Waals surface area contributed by atoms with Crippen LogP contribution in [0, 0.1) is 0 Å². The first-order chi connectivity index (χ1) is 11.1. The van der Waals surface area contributed by atoms with E-state index in [1.807, 2.05) is 6.07 Å². The number of hydrogen-bond acceptors (Lipinski definition) is 4. The number of carbonyl (C=O) groups is 1. The largest absolute Gasteiger partial charge is 0.417 e. The Labute approximate surface area is 131 Å². The van der Waals surface area contributed by atoms with Crippen molar-refractivity contribution < 1.29 is 18.3 Å². The van der Waals surface area contributed by atoms with Crippen LogP contribution in [0.3, 0.4) is 0 Å². The number of aromatic amines is 1. The maximum Gasteiger partial charge on any atom is 0.388 e. The van der Waals surface area contributed by atoms with Crippen molar-refractivity contribution in [3.63, 3.8) is 0 Å². The maximum atomic E-state index is 12.2. The van der Waals surface area contributed by atoms with Gasteiger partial charge in [0.1, 0.15) is 0 Å². The third kappa shape index (κ3) is 3.82. The maximum absolute atomic E-state index is 12.2. The topological polar surface area (TPSA) is 79.9 Å². The number of rotatable bonds is 5. The highest BCUT2D eigenvalue weighted by Gasteiger charge is 2.20. The predicted molar refractivity (Wildman–Crippen MR) is 78.6 cm³/mol. The van der Waals surface area contributed by atoms with Gasteiger partial charge in [-0.15, -0.1) is 0 Å². The van der Waals surface area contributed by atoms with E-state index in [2.05, 4.69) is 25.2 Å². The molecule has 0 saturated heterocycles. The summed E-state index contributed by atoms with van der Waals surface area (Å²) in [5.41, 5.74) is 1.18. The van der Waals surface area contributed by atoms with Crippen LogP contribution in [-0.2, 0) is 0 Å². The van der Waals surface area contributed by atoms with E-state index < -0.39 is 12.5 Å². The number of nitrogens with one attached hydrogen (secondary N) is 2. The lowest BCUT2D eigenvalue weighted by Crippen LogP contribution is -2.13. The average Bonchev–Trinajstić information content (AvgIpc) is 3.17. The number of alkyl halides is 2. The normalized spacial score (nSPS) is 15.1. The van der Waals surface area contributed by atoms with Crippen LogP contribution in [0.15, 0.2) is 24.4 Å². The number of H-pyrrole nitrogens is 1. The number of nitrogens with zero attached hydrogens (tertiary/aromatic N) is 2. The van der Waals surface area contributed by atoms with Gasteiger partial charge in [0, 0.05) is 35.5 Å². The molecule has 3 rings (SSSR count). The summed E-state index contributed by atoms with van der Waals surface area (Å²) in [5.74, 6) is 0.0995. The number of amides is 1. The minimum absolute atomic E-state index is 0.168. The molecule has 1 amide bonds. The highest BCUT2D eigenvalue weighted by Crippen LogP contribution is 2.33. The quantitative estimate of drug-likeness (QED) is 0.885. The van der Waals surface area contributed by atoms with Crippen molar-refractivity contribution in [2.45, 2.75) is 38.2 Å². The second-order valence-electron chi connectivity index (χ2n) is 5.41. The van der Waals surface area contributed by atoms with Gasteiger partial charge in [-0.1, -0.05) is 12.8 Å². The predicted octanol–water partition coefficient (Wildman–Crippen LogP) is 3.32.